The van der Waals surface area contributed by atoms with Gasteiger partial charge in [0.05, 0.1) is 26.4 Å². The number of nitrogens with zero attached hydrogens (tertiary/aromatic N) is 2. The van der Waals surface area contributed by atoms with Gasteiger partial charge in [-0.15, -0.1) is 0 Å². The van der Waals surface area contributed by atoms with Crippen LogP contribution in [0.2, 0.25) is 0 Å². The van der Waals surface area contributed by atoms with E-state index in [1.165, 1.54) is 22.5 Å². The van der Waals surface area contributed by atoms with Crippen molar-refractivity contribution in [3.05, 3.63) is 59.7 Å². The molecular weight excluding hydrogens is 451 g/mol. The molecule has 2 saturated heterocycles. The zero-order chi connectivity index (χ0) is 23.3. The minimum absolute atomic E-state index is 0.855. The average molecular weight is 481 g/mol. The smallest absolute Gasteiger partial charge is 0.304 e. The number of benzene rings is 2. The largest absolute Gasteiger partial charge is 0.378 e. The monoisotopic (exact) mass is 480 g/mol. The van der Waals surface area contributed by atoms with Crippen molar-refractivity contribution in [2.45, 2.75) is 13.8 Å². The Bertz CT molecular complexity index is 761. The SMILES string of the molecule is Cc1ccc(N2CCOCC2)cc1.Cc1ccc(N2CCOCC2)cc1.O=C(Cl)C(=O)Cl. The fourth-order valence-corrected chi connectivity index (χ4v) is 3.15. The minimum Gasteiger partial charge on any atom is -0.378 e. The molecule has 0 amide bonds. The van der Waals surface area contributed by atoms with E-state index in [-0.39, 0.29) is 0 Å². The second kappa shape index (κ2) is 14.1. The second-order valence-corrected chi connectivity index (χ2v) is 8.10. The van der Waals surface area contributed by atoms with E-state index in [0.717, 1.165) is 52.6 Å². The molecule has 0 atom stereocenters. The maximum atomic E-state index is 9.43. The molecule has 0 radical (unpaired) electrons. The van der Waals surface area contributed by atoms with Gasteiger partial charge in [-0.25, -0.2) is 0 Å². The molecule has 2 aromatic carbocycles. The fourth-order valence-electron chi connectivity index (χ4n) is 3.15. The average Bonchev–Trinajstić information content (AvgIpc) is 2.82. The van der Waals surface area contributed by atoms with Gasteiger partial charge in [0, 0.05) is 37.6 Å². The Morgan fingerprint density at radius 3 is 1.16 bits per heavy atom. The summed E-state index contributed by atoms with van der Waals surface area (Å²) >= 11 is 8.98. The molecular formula is C24H30Cl2N2O4. The van der Waals surface area contributed by atoms with Crippen molar-refractivity contribution in [2.75, 3.05) is 62.4 Å². The van der Waals surface area contributed by atoms with Crippen LogP contribution < -0.4 is 9.80 Å². The Labute approximate surface area is 200 Å². The normalized spacial score (nSPS) is 15.6. The van der Waals surface area contributed by atoms with E-state index < -0.39 is 10.5 Å². The summed E-state index contributed by atoms with van der Waals surface area (Å²) in [4.78, 5) is 23.6. The number of hydrogen-bond donors (Lipinski definition) is 0. The maximum Gasteiger partial charge on any atom is 0.304 e. The first kappa shape index (κ1) is 26.1. The number of carbonyl (C=O) groups is 2. The maximum absolute atomic E-state index is 9.43. The van der Waals surface area contributed by atoms with Gasteiger partial charge in [-0.2, -0.15) is 0 Å². The number of rotatable bonds is 3. The van der Waals surface area contributed by atoms with Gasteiger partial charge in [-0.05, 0) is 61.3 Å². The number of anilines is 2. The molecule has 2 aliphatic rings. The Morgan fingerprint density at radius 1 is 0.625 bits per heavy atom. The lowest BCUT2D eigenvalue weighted by Crippen LogP contribution is -2.36. The van der Waals surface area contributed by atoms with Gasteiger partial charge in [-0.3, -0.25) is 9.59 Å². The molecule has 0 bridgehead atoms. The third kappa shape index (κ3) is 9.57. The molecule has 0 saturated carbocycles. The molecule has 32 heavy (non-hydrogen) atoms. The zero-order valence-electron chi connectivity index (χ0n) is 18.6. The van der Waals surface area contributed by atoms with Crippen molar-refractivity contribution in [1.82, 2.24) is 0 Å². The number of morpholine rings is 2. The first-order chi connectivity index (χ1) is 15.4. The highest BCUT2D eigenvalue weighted by Crippen LogP contribution is 2.16. The number of halogens is 2. The molecule has 0 unspecified atom stereocenters. The molecule has 0 aliphatic carbocycles. The molecule has 2 heterocycles. The van der Waals surface area contributed by atoms with Gasteiger partial charge >= 0.3 is 10.5 Å². The summed E-state index contributed by atoms with van der Waals surface area (Å²) in [5.41, 5.74) is 5.26. The van der Waals surface area contributed by atoms with E-state index in [0.29, 0.717) is 0 Å². The summed E-state index contributed by atoms with van der Waals surface area (Å²) in [5, 5.41) is -2.28. The van der Waals surface area contributed by atoms with Crippen LogP contribution in [0.5, 0.6) is 0 Å². The van der Waals surface area contributed by atoms with E-state index in [1.807, 2.05) is 0 Å². The second-order valence-electron chi connectivity index (χ2n) is 7.42. The van der Waals surface area contributed by atoms with Gasteiger partial charge < -0.3 is 19.3 Å². The molecule has 2 aliphatic heterocycles. The van der Waals surface area contributed by atoms with E-state index in [1.54, 1.807) is 0 Å². The van der Waals surface area contributed by atoms with Crippen LogP contribution in [0.4, 0.5) is 11.4 Å². The summed E-state index contributed by atoms with van der Waals surface area (Å²) in [6.45, 7) is 11.7. The molecule has 0 spiro atoms. The molecule has 2 aromatic rings. The van der Waals surface area contributed by atoms with E-state index >= 15 is 0 Å². The first-order valence-electron chi connectivity index (χ1n) is 10.5. The predicted octanol–water partition coefficient (Wildman–Crippen LogP) is 4.18. The third-order valence-corrected chi connectivity index (χ3v) is 5.41. The molecule has 2 fully saturated rings. The number of hydrogen-bond acceptors (Lipinski definition) is 6. The fraction of sp³-hybridized carbons (Fsp3) is 0.417. The minimum atomic E-state index is -1.14. The lowest BCUT2D eigenvalue weighted by molar-refractivity contribution is -0.127. The molecule has 6 nitrogen and oxygen atoms in total. The Kier molecular flexibility index (Phi) is 11.5. The summed E-state index contributed by atoms with van der Waals surface area (Å²) < 4.78 is 10.6. The van der Waals surface area contributed by atoms with Crippen molar-refractivity contribution in [3.8, 4) is 0 Å². The van der Waals surface area contributed by atoms with Crippen molar-refractivity contribution in [2.24, 2.45) is 0 Å². The molecule has 174 valence electrons. The third-order valence-electron chi connectivity index (χ3n) is 4.97. The van der Waals surface area contributed by atoms with Crippen LogP contribution in [-0.2, 0) is 19.1 Å². The van der Waals surface area contributed by atoms with Gasteiger partial charge in [0.15, 0.2) is 0 Å². The number of aryl methyl sites for hydroxylation is 2. The van der Waals surface area contributed by atoms with Crippen LogP contribution in [0.15, 0.2) is 48.5 Å². The van der Waals surface area contributed by atoms with Crippen LogP contribution >= 0.6 is 23.2 Å². The summed E-state index contributed by atoms with van der Waals surface area (Å²) in [7, 11) is 0. The summed E-state index contributed by atoms with van der Waals surface area (Å²) in [6.07, 6.45) is 0. The Hall–Kier alpha value is -2.12. The van der Waals surface area contributed by atoms with Crippen LogP contribution in [0.25, 0.3) is 0 Å². The van der Waals surface area contributed by atoms with Crippen LogP contribution in [-0.4, -0.2) is 63.1 Å². The van der Waals surface area contributed by atoms with E-state index in [4.69, 9.17) is 9.47 Å². The Morgan fingerprint density at radius 2 is 0.906 bits per heavy atom. The predicted molar refractivity (Wildman–Crippen MR) is 130 cm³/mol. The number of carbonyl (C=O) groups excluding carboxylic acids is 2. The van der Waals surface area contributed by atoms with Crippen LogP contribution in [0.1, 0.15) is 11.1 Å². The molecule has 8 heteroatoms. The van der Waals surface area contributed by atoms with Crippen molar-refractivity contribution in [1.29, 1.82) is 0 Å². The van der Waals surface area contributed by atoms with Gasteiger partial charge in [0.2, 0.25) is 0 Å². The molecule has 0 aromatic heterocycles. The Balaban J connectivity index is 0.000000183. The topological polar surface area (TPSA) is 59.1 Å². The standard InChI is InChI=1S/2C11H15NO.C2Cl2O2/c2*1-10-2-4-11(5-3-10)12-6-8-13-9-7-12;3-1(5)2(4)6/h2*2-5H,6-9H2,1H3;. The highest BCUT2D eigenvalue weighted by Gasteiger charge is 2.11. The van der Waals surface area contributed by atoms with Gasteiger partial charge in [0.1, 0.15) is 0 Å². The van der Waals surface area contributed by atoms with E-state index in [9.17, 15) is 9.59 Å². The van der Waals surface area contributed by atoms with Gasteiger partial charge in [0.25, 0.3) is 0 Å². The lowest BCUT2D eigenvalue weighted by Gasteiger charge is -2.28. The van der Waals surface area contributed by atoms with Crippen molar-refractivity contribution < 1.29 is 19.1 Å². The van der Waals surface area contributed by atoms with Gasteiger partial charge in [-0.1, -0.05) is 35.4 Å². The molecule has 0 N–H and O–H groups in total. The van der Waals surface area contributed by atoms with E-state index in [2.05, 4.69) is 95.4 Å². The highest BCUT2D eigenvalue weighted by molar-refractivity contribution is 6.97. The highest BCUT2D eigenvalue weighted by atomic mass is 35.5. The van der Waals surface area contributed by atoms with Crippen molar-refractivity contribution in [3.63, 3.8) is 0 Å². The van der Waals surface area contributed by atoms with Crippen LogP contribution in [0, 0.1) is 13.8 Å². The summed E-state index contributed by atoms with van der Waals surface area (Å²) in [5.74, 6) is 0. The quantitative estimate of drug-likeness (QED) is 0.485. The zero-order valence-corrected chi connectivity index (χ0v) is 20.1. The van der Waals surface area contributed by atoms with Crippen LogP contribution in [0.3, 0.4) is 0 Å². The summed E-state index contributed by atoms with van der Waals surface area (Å²) in [6, 6.07) is 17.4. The lowest BCUT2D eigenvalue weighted by atomic mass is 10.2. The van der Waals surface area contributed by atoms with Crippen molar-refractivity contribution >= 4 is 45.1 Å². The first-order valence-corrected chi connectivity index (χ1v) is 11.3. The molecule has 4 rings (SSSR count). The number of ether oxygens (including phenoxy) is 2.